The summed E-state index contributed by atoms with van der Waals surface area (Å²) >= 11 is 3.52. The van der Waals surface area contributed by atoms with E-state index in [9.17, 15) is 5.11 Å². The highest BCUT2D eigenvalue weighted by Crippen LogP contribution is 2.32. The number of phenolic OH excluding ortho intramolecular Hbond substituents is 1. The third-order valence-electron chi connectivity index (χ3n) is 2.95. The van der Waals surface area contributed by atoms with Gasteiger partial charge >= 0.3 is 0 Å². The minimum atomic E-state index is 0.195. The lowest BCUT2D eigenvalue weighted by Crippen LogP contribution is -2.42. The van der Waals surface area contributed by atoms with E-state index in [1.807, 2.05) is 6.07 Å². The van der Waals surface area contributed by atoms with Crippen molar-refractivity contribution < 1.29 is 9.84 Å². The molecule has 94 valence electrons. The minimum Gasteiger partial charge on any atom is -0.504 e. The van der Waals surface area contributed by atoms with Gasteiger partial charge < -0.3 is 15.2 Å². The lowest BCUT2D eigenvalue weighted by Gasteiger charge is -2.27. The fourth-order valence-corrected chi connectivity index (χ4v) is 2.43. The first-order valence-corrected chi connectivity index (χ1v) is 6.48. The third kappa shape index (κ3) is 3.12. The number of piperazine rings is 1. The zero-order chi connectivity index (χ0) is 12.3. The maximum Gasteiger partial charge on any atom is 0.161 e. The number of aromatic hydroxyl groups is 1. The van der Waals surface area contributed by atoms with Crippen molar-refractivity contribution in [2.24, 2.45) is 0 Å². The second kappa shape index (κ2) is 5.71. The van der Waals surface area contributed by atoms with E-state index in [0.29, 0.717) is 5.75 Å². The van der Waals surface area contributed by atoms with Crippen LogP contribution in [0.1, 0.15) is 5.56 Å². The van der Waals surface area contributed by atoms with Crippen LogP contribution in [-0.4, -0.2) is 43.3 Å². The number of halogens is 1. The molecule has 0 atom stereocenters. The Balaban J connectivity index is 2.12. The Morgan fingerprint density at radius 2 is 2.12 bits per heavy atom. The number of ether oxygens (including phenoxy) is 1. The molecule has 17 heavy (non-hydrogen) atoms. The Morgan fingerprint density at radius 3 is 2.76 bits per heavy atom. The van der Waals surface area contributed by atoms with Crippen LogP contribution >= 0.6 is 15.9 Å². The molecule has 0 bridgehead atoms. The molecule has 4 nitrogen and oxygen atoms in total. The average molecular weight is 301 g/mol. The summed E-state index contributed by atoms with van der Waals surface area (Å²) < 4.78 is 6.04. The molecule has 2 N–H and O–H groups in total. The summed E-state index contributed by atoms with van der Waals surface area (Å²) in [6.07, 6.45) is 0. The van der Waals surface area contributed by atoms with Crippen LogP contribution in [0.3, 0.4) is 0 Å². The van der Waals surface area contributed by atoms with Crippen LogP contribution in [0.5, 0.6) is 11.5 Å². The normalized spacial score (nSPS) is 17.1. The fourth-order valence-electron chi connectivity index (χ4n) is 1.98. The maximum atomic E-state index is 9.77. The molecule has 2 rings (SSSR count). The van der Waals surface area contributed by atoms with Crippen molar-refractivity contribution >= 4 is 15.9 Å². The maximum absolute atomic E-state index is 9.77. The van der Waals surface area contributed by atoms with E-state index in [4.69, 9.17) is 4.74 Å². The Hall–Kier alpha value is -0.780. The highest BCUT2D eigenvalue weighted by atomic mass is 79.9. The molecule has 1 saturated heterocycles. The predicted molar refractivity (Wildman–Crippen MR) is 70.5 cm³/mol. The molecule has 0 amide bonds. The van der Waals surface area contributed by atoms with Gasteiger partial charge in [0.05, 0.1) is 7.11 Å². The molecule has 0 spiro atoms. The highest BCUT2D eigenvalue weighted by molar-refractivity contribution is 9.10. The number of hydrogen-bond donors (Lipinski definition) is 2. The number of hydrogen-bond acceptors (Lipinski definition) is 4. The number of nitrogens with one attached hydrogen (secondary N) is 1. The molecule has 5 heteroatoms. The van der Waals surface area contributed by atoms with Crippen LogP contribution in [0, 0.1) is 0 Å². The van der Waals surface area contributed by atoms with Gasteiger partial charge in [0.25, 0.3) is 0 Å². The number of phenols is 1. The summed E-state index contributed by atoms with van der Waals surface area (Å²) in [6.45, 7) is 4.98. The summed E-state index contributed by atoms with van der Waals surface area (Å²) in [5.41, 5.74) is 1.09. The monoisotopic (exact) mass is 300 g/mol. The first-order valence-electron chi connectivity index (χ1n) is 5.69. The van der Waals surface area contributed by atoms with Crippen molar-refractivity contribution in [1.82, 2.24) is 10.2 Å². The topological polar surface area (TPSA) is 44.7 Å². The molecule has 0 aliphatic carbocycles. The second-order valence-electron chi connectivity index (χ2n) is 4.14. The number of methoxy groups -OCH3 is 1. The van der Waals surface area contributed by atoms with Gasteiger partial charge in [0.1, 0.15) is 0 Å². The van der Waals surface area contributed by atoms with Crippen LogP contribution < -0.4 is 10.1 Å². The minimum absolute atomic E-state index is 0.195. The highest BCUT2D eigenvalue weighted by Gasteiger charge is 2.13. The van der Waals surface area contributed by atoms with Gasteiger partial charge in [0.2, 0.25) is 0 Å². The van der Waals surface area contributed by atoms with Gasteiger partial charge in [-0.05, 0) is 17.7 Å². The summed E-state index contributed by atoms with van der Waals surface area (Å²) in [5.74, 6) is 0.696. The lowest BCUT2D eigenvalue weighted by atomic mass is 10.1. The van der Waals surface area contributed by atoms with Gasteiger partial charge in [-0.3, -0.25) is 4.90 Å². The molecule has 0 radical (unpaired) electrons. The van der Waals surface area contributed by atoms with Crippen molar-refractivity contribution in [3.05, 3.63) is 22.2 Å². The van der Waals surface area contributed by atoms with E-state index < -0.39 is 0 Å². The Bertz CT molecular complexity index is 392. The van der Waals surface area contributed by atoms with Crippen LogP contribution in [0.15, 0.2) is 16.6 Å². The smallest absolute Gasteiger partial charge is 0.161 e. The van der Waals surface area contributed by atoms with Gasteiger partial charge in [0.15, 0.2) is 11.5 Å². The van der Waals surface area contributed by atoms with Gasteiger partial charge in [-0.25, -0.2) is 0 Å². The van der Waals surface area contributed by atoms with Gasteiger partial charge in [0, 0.05) is 37.2 Å². The molecule has 0 unspecified atom stereocenters. The number of nitrogens with zero attached hydrogens (tertiary/aromatic N) is 1. The third-order valence-corrected chi connectivity index (χ3v) is 3.69. The first-order chi connectivity index (χ1) is 8.20. The van der Waals surface area contributed by atoms with Crippen LogP contribution in [0.4, 0.5) is 0 Å². The predicted octanol–water partition coefficient (Wildman–Crippen LogP) is 1.57. The van der Waals surface area contributed by atoms with E-state index in [2.05, 4.69) is 26.1 Å². The van der Waals surface area contributed by atoms with E-state index in [1.54, 1.807) is 13.2 Å². The van der Waals surface area contributed by atoms with Crippen molar-refractivity contribution in [2.45, 2.75) is 6.54 Å². The quantitative estimate of drug-likeness (QED) is 0.889. The SMILES string of the molecule is COc1cc(Br)c(CN2CCNCC2)cc1O. The average Bonchev–Trinajstić information content (AvgIpc) is 2.34. The Kier molecular flexibility index (Phi) is 4.25. The number of benzene rings is 1. The molecular weight excluding hydrogens is 284 g/mol. The van der Waals surface area contributed by atoms with Crippen molar-refractivity contribution in [3.8, 4) is 11.5 Å². The Morgan fingerprint density at radius 1 is 1.41 bits per heavy atom. The summed E-state index contributed by atoms with van der Waals surface area (Å²) in [5, 5.41) is 13.1. The van der Waals surface area contributed by atoms with Gasteiger partial charge in [-0.1, -0.05) is 15.9 Å². The molecule has 1 aliphatic heterocycles. The molecule has 1 aromatic carbocycles. The number of rotatable bonds is 3. The molecule has 0 saturated carbocycles. The van der Waals surface area contributed by atoms with E-state index in [-0.39, 0.29) is 5.75 Å². The van der Waals surface area contributed by atoms with Crippen LogP contribution in [-0.2, 0) is 6.54 Å². The second-order valence-corrected chi connectivity index (χ2v) is 5.00. The summed E-state index contributed by atoms with van der Waals surface area (Å²) in [6, 6.07) is 3.58. The van der Waals surface area contributed by atoms with E-state index >= 15 is 0 Å². The van der Waals surface area contributed by atoms with E-state index in [1.165, 1.54) is 0 Å². The largest absolute Gasteiger partial charge is 0.504 e. The zero-order valence-corrected chi connectivity index (χ0v) is 11.5. The van der Waals surface area contributed by atoms with Gasteiger partial charge in [-0.15, -0.1) is 0 Å². The van der Waals surface area contributed by atoms with Crippen molar-refractivity contribution in [3.63, 3.8) is 0 Å². The van der Waals surface area contributed by atoms with Crippen molar-refractivity contribution in [2.75, 3.05) is 33.3 Å². The molecule has 1 aliphatic rings. The van der Waals surface area contributed by atoms with Crippen LogP contribution in [0.2, 0.25) is 0 Å². The summed E-state index contributed by atoms with van der Waals surface area (Å²) in [4.78, 5) is 2.36. The lowest BCUT2D eigenvalue weighted by molar-refractivity contribution is 0.232. The van der Waals surface area contributed by atoms with E-state index in [0.717, 1.165) is 42.8 Å². The molecule has 1 aromatic rings. The summed E-state index contributed by atoms with van der Waals surface area (Å²) in [7, 11) is 1.55. The Labute approximate surface area is 110 Å². The van der Waals surface area contributed by atoms with Crippen molar-refractivity contribution in [1.29, 1.82) is 0 Å². The fraction of sp³-hybridized carbons (Fsp3) is 0.500. The van der Waals surface area contributed by atoms with Crippen LogP contribution in [0.25, 0.3) is 0 Å². The van der Waals surface area contributed by atoms with Gasteiger partial charge in [-0.2, -0.15) is 0 Å². The first kappa shape index (κ1) is 12.7. The zero-order valence-electron chi connectivity index (χ0n) is 9.87. The molecule has 1 fully saturated rings. The molecular formula is C12H17BrN2O2. The molecule has 0 aromatic heterocycles. The standard InChI is InChI=1S/C12H17BrN2O2/c1-17-12-7-10(13)9(6-11(12)16)8-15-4-2-14-3-5-15/h6-7,14,16H,2-5,8H2,1H3. The molecule has 1 heterocycles.